The van der Waals surface area contributed by atoms with Crippen LogP contribution >= 0.6 is 0 Å². The van der Waals surface area contributed by atoms with E-state index in [-0.39, 0.29) is 22.8 Å². The average molecular weight is 381 g/mol. The van der Waals surface area contributed by atoms with Gasteiger partial charge in [-0.3, -0.25) is 9.59 Å². The van der Waals surface area contributed by atoms with E-state index in [2.05, 4.69) is 4.98 Å². The monoisotopic (exact) mass is 381 g/mol. The lowest BCUT2D eigenvalue weighted by atomic mass is 9.71. The zero-order valence-corrected chi connectivity index (χ0v) is 15.7. The van der Waals surface area contributed by atoms with E-state index in [0.717, 1.165) is 12.3 Å². The summed E-state index contributed by atoms with van der Waals surface area (Å²) in [6.45, 7) is 6.87. The molecule has 1 spiro atoms. The van der Waals surface area contributed by atoms with Gasteiger partial charge in [0.1, 0.15) is 0 Å². The molecule has 2 aliphatic heterocycles. The van der Waals surface area contributed by atoms with Crippen LogP contribution in [0.2, 0.25) is 0 Å². The van der Waals surface area contributed by atoms with E-state index < -0.39 is 17.7 Å². The summed E-state index contributed by atoms with van der Waals surface area (Å²) < 4.78 is 32.7. The average Bonchev–Trinajstić information content (AvgIpc) is 2.93. The Kier molecular flexibility index (Phi) is 5.74. The third kappa shape index (κ3) is 3.67. The van der Waals surface area contributed by atoms with Gasteiger partial charge in [0.15, 0.2) is 5.82 Å². The molecule has 1 atom stereocenters. The van der Waals surface area contributed by atoms with Crippen molar-refractivity contribution in [1.29, 1.82) is 0 Å². The Bertz CT molecular complexity index is 720. The zero-order valence-electron chi connectivity index (χ0n) is 15.7. The minimum Gasteiger partial charge on any atom is -0.381 e. The molecule has 0 N–H and O–H groups in total. The standard InChI is InChI=1S/C19H25F2N3O3/c1-3-23-12-19(14(18(23)26)11-27-4-2)5-7-24(8-6-19)17(25)13-9-16(21)22-10-15(13)20/h9-10,14H,3-8,11-12H2,1-2H3. The molecule has 0 saturated carbocycles. The molecule has 0 bridgehead atoms. The maximum atomic E-state index is 13.9. The number of likely N-dealkylation sites (tertiary alicyclic amines) is 2. The van der Waals surface area contributed by atoms with Crippen molar-refractivity contribution >= 4 is 11.8 Å². The van der Waals surface area contributed by atoms with Crippen LogP contribution in [0.25, 0.3) is 0 Å². The predicted molar refractivity (Wildman–Crippen MR) is 94.0 cm³/mol. The van der Waals surface area contributed by atoms with Gasteiger partial charge in [-0.25, -0.2) is 9.37 Å². The van der Waals surface area contributed by atoms with E-state index in [1.54, 1.807) is 0 Å². The largest absolute Gasteiger partial charge is 0.381 e. The number of hydrogen-bond acceptors (Lipinski definition) is 4. The number of rotatable bonds is 5. The normalized spacial score (nSPS) is 21.9. The van der Waals surface area contributed by atoms with Crippen molar-refractivity contribution in [3.05, 3.63) is 29.6 Å². The number of amides is 2. The topological polar surface area (TPSA) is 62.7 Å². The maximum absolute atomic E-state index is 13.9. The van der Waals surface area contributed by atoms with E-state index >= 15 is 0 Å². The van der Waals surface area contributed by atoms with Gasteiger partial charge in [-0.15, -0.1) is 0 Å². The number of hydrogen-bond donors (Lipinski definition) is 0. The van der Waals surface area contributed by atoms with Gasteiger partial charge in [-0.05, 0) is 26.7 Å². The minimum atomic E-state index is -0.884. The van der Waals surface area contributed by atoms with Gasteiger partial charge >= 0.3 is 0 Å². The highest BCUT2D eigenvalue weighted by atomic mass is 19.1. The number of piperidine rings is 1. The Hall–Kier alpha value is -2.09. The molecule has 2 amide bonds. The van der Waals surface area contributed by atoms with Crippen molar-refractivity contribution in [3.63, 3.8) is 0 Å². The fourth-order valence-electron chi connectivity index (χ4n) is 4.21. The first-order chi connectivity index (χ1) is 12.9. The summed E-state index contributed by atoms with van der Waals surface area (Å²) >= 11 is 0. The first-order valence-electron chi connectivity index (χ1n) is 9.38. The Balaban J connectivity index is 1.74. The fraction of sp³-hybridized carbons (Fsp3) is 0.632. The molecule has 0 aliphatic carbocycles. The number of carbonyl (C=O) groups excluding carboxylic acids is 2. The molecule has 1 aromatic heterocycles. The highest BCUT2D eigenvalue weighted by Gasteiger charge is 2.53. The fourth-order valence-corrected chi connectivity index (χ4v) is 4.21. The van der Waals surface area contributed by atoms with Crippen LogP contribution in [0.5, 0.6) is 0 Å². The third-order valence-corrected chi connectivity index (χ3v) is 5.82. The van der Waals surface area contributed by atoms with Crippen LogP contribution in [0.3, 0.4) is 0 Å². The maximum Gasteiger partial charge on any atom is 0.257 e. The first kappa shape index (κ1) is 19.7. The molecule has 27 heavy (non-hydrogen) atoms. The number of nitrogens with zero attached hydrogens (tertiary/aromatic N) is 3. The summed E-state index contributed by atoms with van der Waals surface area (Å²) in [6.07, 6.45) is 1.99. The quantitative estimate of drug-likeness (QED) is 0.733. The summed E-state index contributed by atoms with van der Waals surface area (Å²) in [7, 11) is 0. The predicted octanol–water partition coefficient (Wildman–Crippen LogP) is 2.10. The number of ether oxygens (including phenoxy) is 1. The van der Waals surface area contributed by atoms with Crippen LogP contribution < -0.4 is 0 Å². The van der Waals surface area contributed by atoms with E-state index in [1.807, 2.05) is 18.7 Å². The molecule has 0 aromatic carbocycles. The lowest BCUT2D eigenvalue weighted by Crippen LogP contribution is -2.47. The van der Waals surface area contributed by atoms with Gasteiger partial charge < -0.3 is 14.5 Å². The Morgan fingerprint density at radius 1 is 1.33 bits per heavy atom. The molecule has 8 heteroatoms. The summed E-state index contributed by atoms with van der Waals surface area (Å²) in [4.78, 5) is 31.9. The van der Waals surface area contributed by atoms with Crippen LogP contribution in [0.15, 0.2) is 12.3 Å². The lowest BCUT2D eigenvalue weighted by Gasteiger charge is -2.41. The van der Waals surface area contributed by atoms with Crippen molar-refractivity contribution in [3.8, 4) is 0 Å². The minimum absolute atomic E-state index is 0.105. The molecule has 1 unspecified atom stereocenters. The van der Waals surface area contributed by atoms with E-state index in [4.69, 9.17) is 4.74 Å². The SMILES string of the molecule is CCOCC1C(=O)N(CC)CC12CCN(C(=O)c1cc(F)ncc1F)CC2. The molecule has 2 saturated heterocycles. The van der Waals surface area contributed by atoms with Crippen LogP contribution in [0.4, 0.5) is 8.78 Å². The number of pyridine rings is 1. The summed E-state index contributed by atoms with van der Waals surface area (Å²) in [5.74, 6) is -2.37. The van der Waals surface area contributed by atoms with Gasteiger partial charge in [-0.2, -0.15) is 4.39 Å². The van der Waals surface area contributed by atoms with Crippen molar-refractivity contribution in [2.75, 3.05) is 39.4 Å². The Morgan fingerprint density at radius 2 is 2.04 bits per heavy atom. The van der Waals surface area contributed by atoms with Crippen molar-refractivity contribution < 1.29 is 23.1 Å². The molecular weight excluding hydrogens is 356 g/mol. The first-order valence-corrected chi connectivity index (χ1v) is 9.38. The summed E-state index contributed by atoms with van der Waals surface area (Å²) in [5, 5.41) is 0. The number of aromatic nitrogens is 1. The van der Waals surface area contributed by atoms with Gasteiger partial charge in [0.05, 0.1) is 24.3 Å². The van der Waals surface area contributed by atoms with Crippen LogP contribution in [0, 0.1) is 23.1 Å². The molecule has 0 radical (unpaired) electrons. The van der Waals surface area contributed by atoms with E-state index in [1.165, 1.54) is 4.90 Å². The second-order valence-electron chi connectivity index (χ2n) is 7.21. The highest BCUT2D eigenvalue weighted by molar-refractivity contribution is 5.94. The molecule has 1 aromatic rings. The third-order valence-electron chi connectivity index (χ3n) is 5.82. The molecular formula is C19H25F2N3O3. The molecule has 3 heterocycles. The lowest BCUT2D eigenvalue weighted by molar-refractivity contribution is -0.133. The molecule has 2 aliphatic rings. The van der Waals surface area contributed by atoms with Crippen molar-refractivity contribution in [1.82, 2.24) is 14.8 Å². The van der Waals surface area contributed by atoms with Gasteiger partial charge in [0, 0.05) is 44.3 Å². The molecule has 3 rings (SSSR count). The molecule has 2 fully saturated rings. The summed E-state index contributed by atoms with van der Waals surface area (Å²) in [5.41, 5.74) is -0.539. The van der Waals surface area contributed by atoms with Crippen LogP contribution in [-0.4, -0.2) is 66.0 Å². The molecule has 6 nitrogen and oxygen atoms in total. The Labute approximate surface area is 157 Å². The van der Waals surface area contributed by atoms with E-state index in [9.17, 15) is 18.4 Å². The van der Waals surface area contributed by atoms with Gasteiger partial charge in [0.25, 0.3) is 5.91 Å². The van der Waals surface area contributed by atoms with Crippen molar-refractivity contribution in [2.24, 2.45) is 11.3 Å². The highest BCUT2D eigenvalue weighted by Crippen LogP contribution is 2.45. The van der Waals surface area contributed by atoms with Gasteiger partial charge in [0.2, 0.25) is 11.9 Å². The van der Waals surface area contributed by atoms with Gasteiger partial charge in [-0.1, -0.05) is 0 Å². The van der Waals surface area contributed by atoms with Crippen LogP contribution in [0.1, 0.15) is 37.0 Å². The zero-order chi connectivity index (χ0) is 19.6. The second-order valence-corrected chi connectivity index (χ2v) is 7.21. The molecule has 148 valence electrons. The van der Waals surface area contributed by atoms with E-state index in [0.29, 0.717) is 52.2 Å². The number of carbonyl (C=O) groups is 2. The summed E-state index contributed by atoms with van der Waals surface area (Å²) in [6, 6.07) is 0.831. The number of halogens is 2. The Morgan fingerprint density at radius 3 is 2.67 bits per heavy atom. The van der Waals surface area contributed by atoms with Crippen LogP contribution in [-0.2, 0) is 9.53 Å². The van der Waals surface area contributed by atoms with Crippen molar-refractivity contribution in [2.45, 2.75) is 26.7 Å². The smallest absolute Gasteiger partial charge is 0.257 e. The second kappa shape index (κ2) is 7.88.